The fourth-order valence-electron chi connectivity index (χ4n) is 2.34. The van der Waals surface area contributed by atoms with E-state index in [0.717, 1.165) is 12.1 Å². The highest BCUT2D eigenvalue weighted by Crippen LogP contribution is 2.17. The summed E-state index contributed by atoms with van der Waals surface area (Å²) >= 11 is 0. The van der Waals surface area contributed by atoms with Gasteiger partial charge in [-0.15, -0.1) is 0 Å². The number of phenolic OH excluding ortho intramolecular Hbond substituents is 1. The maximum absolute atomic E-state index is 12.0. The van der Waals surface area contributed by atoms with Crippen molar-refractivity contribution in [1.29, 1.82) is 0 Å². The molecule has 1 amide bonds. The van der Waals surface area contributed by atoms with Crippen LogP contribution in [0.25, 0.3) is 0 Å². The molecule has 20 heavy (non-hydrogen) atoms. The number of aromatic hydroxyl groups is 1. The summed E-state index contributed by atoms with van der Waals surface area (Å²) in [4.78, 5) is 14.4. The van der Waals surface area contributed by atoms with E-state index in [2.05, 4.69) is 37.9 Å². The van der Waals surface area contributed by atoms with Gasteiger partial charge in [0.15, 0.2) is 0 Å². The first-order chi connectivity index (χ1) is 9.32. The van der Waals surface area contributed by atoms with E-state index in [1.807, 2.05) is 6.92 Å². The van der Waals surface area contributed by atoms with Crippen LogP contribution < -0.4 is 5.32 Å². The van der Waals surface area contributed by atoms with Gasteiger partial charge in [-0.1, -0.05) is 11.6 Å². The molecule has 4 nitrogen and oxygen atoms in total. The summed E-state index contributed by atoms with van der Waals surface area (Å²) in [7, 11) is 0. The molecule has 0 atom stereocenters. The molecular formula is C16H26N2O2. The van der Waals surface area contributed by atoms with E-state index in [1.54, 1.807) is 18.2 Å². The molecule has 0 aliphatic rings. The van der Waals surface area contributed by atoms with Crippen LogP contribution in [0.4, 0.5) is 0 Å². The number of benzene rings is 1. The van der Waals surface area contributed by atoms with E-state index in [1.165, 1.54) is 0 Å². The summed E-state index contributed by atoms with van der Waals surface area (Å²) < 4.78 is 0. The average Bonchev–Trinajstić information content (AvgIpc) is 2.36. The van der Waals surface area contributed by atoms with Crippen molar-refractivity contribution >= 4 is 5.91 Å². The molecule has 0 bridgehead atoms. The lowest BCUT2D eigenvalue weighted by Crippen LogP contribution is -2.42. The van der Waals surface area contributed by atoms with Gasteiger partial charge in [0.2, 0.25) is 0 Å². The zero-order valence-corrected chi connectivity index (χ0v) is 13.1. The van der Waals surface area contributed by atoms with Crippen LogP contribution >= 0.6 is 0 Å². The summed E-state index contributed by atoms with van der Waals surface area (Å²) in [5.41, 5.74) is 1.30. The minimum Gasteiger partial charge on any atom is -0.507 e. The second-order valence-electron chi connectivity index (χ2n) is 5.70. The predicted molar refractivity (Wildman–Crippen MR) is 82.2 cm³/mol. The van der Waals surface area contributed by atoms with Crippen molar-refractivity contribution in [3.05, 3.63) is 29.3 Å². The average molecular weight is 278 g/mol. The van der Waals surface area contributed by atoms with Gasteiger partial charge >= 0.3 is 0 Å². The Morgan fingerprint density at radius 3 is 2.40 bits per heavy atom. The van der Waals surface area contributed by atoms with E-state index >= 15 is 0 Å². The molecule has 1 aromatic rings. The SMILES string of the molecule is Cc1ccc(O)c(C(=O)NCCN(C(C)C)C(C)C)c1. The number of rotatable bonds is 6. The lowest BCUT2D eigenvalue weighted by Gasteiger charge is -2.30. The Bertz CT molecular complexity index is 448. The number of carbonyl (C=O) groups excluding carboxylic acids is 1. The van der Waals surface area contributed by atoms with Crippen molar-refractivity contribution < 1.29 is 9.90 Å². The number of carbonyl (C=O) groups is 1. The smallest absolute Gasteiger partial charge is 0.255 e. The molecule has 0 fully saturated rings. The van der Waals surface area contributed by atoms with Gasteiger partial charge in [-0.2, -0.15) is 0 Å². The molecule has 0 radical (unpaired) electrons. The second kappa shape index (κ2) is 7.29. The molecule has 0 aliphatic carbocycles. The number of amides is 1. The Morgan fingerprint density at radius 2 is 1.85 bits per heavy atom. The van der Waals surface area contributed by atoms with Crippen molar-refractivity contribution in [2.45, 2.75) is 46.7 Å². The maximum Gasteiger partial charge on any atom is 0.255 e. The van der Waals surface area contributed by atoms with Gasteiger partial charge < -0.3 is 10.4 Å². The fourth-order valence-corrected chi connectivity index (χ4v) is 2.34. The Labute approximate surface area is 121 Å². The third kappa shape index (κ3) is 4.53. The standard InChI is InChI=1S/C16H26N2O2/c1-11(2)18(12(3)4)9-8-17-16(20)14-10-13(5)6-7-15(14)19/h6-7,10-12,19H,8-9H2,1-5H3,(H,17,20). The van der Waals surface area contributed by atoms with Crippen molar-refractivity contribution in [2.24, 2.45) is 0 Å². The van der Waals surface area contributed by atoms with Crippen molar-refractivity contribution in [2.75, 3.05) is 13.1 Å². The normalized spacial score (nSPS) is 11.4. The van der Waals surface area contributed by atoms with Crippen LogP contribution in [0.15, 0.2) is 18.2 Å². The van der Waals surface area contributed by atoms with Crippen LogP contribution in [-0.2, 0) is 0 Å². The maximum atomic E-state index is 12.0. The van der Waals surface area contributed by atoms with Crippen LogP contribution in [0.5, 0.6) is 5.75 Å². The summed E-state index contributed by atoms with van der Waals surface area (Å²) in [5.74, 6) is -0.198. The first-order valence-corrected chi connectivity index (χ1v) is 7.16. The topological polar surface area (TPSA) is 52.6 Å². The minimum absolute atomic E-state index is 0.0256. The Hall–Kier alpha value is -1.55. The number of nitrogens with zero attached hydrogens (tertiary/aromatic N) is 1. The highest BCUT2D eigenvalue weighted by Gasteiger charge is 2.14. The van der Waals surface area contributed by atoms with Crippen molar-refractivity contribution in [1.82, 2.24) is 10.2 Å². The fraction of sp³-hybridized carbons (Fsp3) is 0.562. The van der Waals surface area contributed by atoms with Gasteiger partial charge in [0.25, 0.3) is 5.91 Å². The number of phenols is 1. The largest absolute Gasteiger partial charge is 0.507 e. The highest BCUT2D eigenvalue weighted by atomic mass is 16.3. The van der Waals surface area contributed by atoms with Gasteiger partial charge in [0, 0.05) is 25.2 Å². The summed E-state index contributed by atoms with van der Waals surface area (Å²) in [6.45, 7) is 11.9. The molecule has 1 rings (SSSR count). The Morgan fingerprint density at radius 1 is 1.25 bits per heavy atom. The molecule has 1 aromatic carbocycles. The van der Waals surface area contributed by atoms with Gasteiger partial charge in [0.1, 0.15) is 5.75 Å². The molecule has 0 saturated carbocycles. The van der Waals surface area contributed by atoms with E-state index in [9.17, 15) is 9.90 Å². The minimum atomic E-state index is -0.223. The first kappa shape index (κ1) is 16.5. The third-order valence-corrected chi connectivity index (χ3v) is 3.38. The monoisotopic (exact) mass is 278 g/mol. The van der Waals surface area contributed by atoms with Crippen LogP contribution in [-0.4, -0.2) is 41.1 Å². The zero-order valence-electron chi connectivity index (χ0n) is 13.1. The summed E-state index contributed by atoms with van der Waals surface area (Å²) in [6.07, 6.45) is 0. The molecule has 112 valence electrons. The highest BCUT2D eigenvalue weighted by molar-refractivity contribution is 5.96. The molecule has 4 heteroatoms. The molecule has 0 aromatic heterocycles. The number of aryl methyl sites for hydroxylation is 1. The van der Waals surface area contributed by atoms with Crippen LogP contribution in [0, 0.1) is 6.92 Å². The molecule has 0 heterocycles. The van der Waals surface area contributed by atoms with Crippen LogP contribution in [0.2, 0.25) is 0 Å². The van der Waals surface area contributed by atoms with Gasteiger partial charge in [0.05, 0.1) is 5.56 Å². The molecule has 0 aliphatic heterocycles. The number of nitrogens with one attached hydrogen (secondary N) is 1. The molecule has 0 spiro atoms. The van der Waals surface area contributed by atoms with E-state index in [4.69, 9.17) is 0 Å². The van der Waals surface area contributed by atoms with Gasteiger partial charge in [-0.3, -0.25) is 9.69 Å². The first-order valence-electron chi connectivity index (χ1n) is 7.16. The van der Waals surface area contributed by atoms with E-state index < -0.39 is 0 Å². The Balaban J connectivity index is 2.57. The summed E-state index contributed by atoms with van der Waals surface area (Å²) in [5, 5.41) is 12.6. The van der Waals surface area contributed by atoms with Crippen LogP contribution in [0.3, 0.4) is 0 Å². The second-order valence-corrected chi connectivity index (χ2v) is 5.70. The van der Waals surface area contributed by atoms with Gasteiger partial charge in [-0.25, -0.2) is 0 Å². The lowest BCUT2D eigenvalue weighted by molar-refractivity contribution is 0.0936. The van der Waals surface area contributed by atoms with E-state index in [0.29, 0.717) is 24.2 Å². The van der Waals surface area contributed by atoms with Crippen LogP contribution in [0.1, 0.15) is 43.6 Å². The molecular weight excluding hydrogens is 252 g/mol. The molecule has 2 N–H and O–H groups in total. The number of hydrogen-bond donors (Lipinski definition) is 2. The number of hydrogen-bond acceptors (Lipinski definition) is 3. The zero-order chi connectivity index (χ0) is 15.3. The van der Waals surface area contributed by atoms with E-state index in [-0.39, 0.29) is 11.7 Å². The molecule has 0 unspecified atom stereocenters. The molecule has 0 saturated heterocycles. The predicted octanol–water partition coefficient (Wildman–Crippen LogP) is 2.55. The summed E-state index contributed by atoms with van der Waals surface area (Å²) in [6, 6.07) is 5.93. The Kier molecular flexibility index (Phi) is 6.02. The lowest BCUT2D eigenvalue weighted by atomic mass is 10.1. The van der Waals surface area contributed by atoms with Crippen molar-refractivity contribution in [3.8, 4) is 5.75 Å². The van der Waals surface area contributed by atoms with Crippen molar-refractivity contribution in [3.63, 3.8) is 0 Å². The van der Waals surface area contributed by atoms with Gasteiger partial charge in [-0.05, 0) is 46.8 Å². The third-order valence-electron chi connectivity index (χ3n) is 3.38. The quantitative estimate of drug-likeness (QED) is 0.841.